The Morgan fingerprint density at radius 3 is 1.86 bits per heavy atom. The van der Waals surface area contributed by atoms with E-state index < -0.39 is 18.1 Å². The fourth-order valence-electron chi connectivity index (χ4n) is 6.44. The van der Waals surface area contributed by atoms with Crippen LogP contribution in [0, 0.1) is 0 Å². The van der Waals surface area contributed by atoms with Gasteiger partial charge in [-0.05, 0) is 89.9 Å². The van der Waals surface area contributed by atoms with Crippen molar-refractivity contribution < 1.29 is 14.0 Å². The van der Waals surface area contributed by atoms with Gasteiger partial charge in [0.2, 0.25) is 0 Å². The Labute approximate surface area is 259 Å². The van der Waals surface area contributed by atoms with Crippen LogP contribution >= 0.6 is 0 Å². The highest BCUT2D eigenvalue weighted by Gasteiger charge is 2.20. The molecule has 0 bridgehead atoms. The fourth-order valence-corrected chi connectivity index (χ4v) is 6.44. The molecule has 9 aromatic rings. The van der Waals surface area contributed by atoms with E-state index >= 15 is 0 Å². The van der Waals surface area contributed by atoms with Crippen molar-refractivity contribution in [3.8, 4) is 33.4 Å². The summed E-state index contributed by atoms with van der Waals surface area (Å²) < 4.78 is 67.7. The molecule has 0 fully saturated rings. The first-order valence-corrected chi connectivity index (χ1v) is 14.2. The van der Waals surface area contributed by atoms with E-state index in [1.807, 2.05) is 78.9 Å². The maximum absolute atomic E-state index is 9.38. The third-order valence-electron chi connectivity index (χ3n) is 8.31. The highest BCUT2D eigenvalue weighted by Crippen LogP contribution is 2.47. The van der Waals surface area contributed by atoms with E-state index in [4.69, 9.17) is 11.3 Å². The monoisotopic (exact) mass is 553 g/mol. The minimum absolute atomic E-state index is 0.0613. The number of hydrogen-bond donors (Lipinski definition) is 0. The van der Waals surface area contributed by atoms with Gasteiger partial charge < -0.3 is 4.42 Å². The first-order valence-electron chi connectivity index (χ1n) is 17.7. The standard InChI is InChI=1S/C42H26O/c1-2-11-27(12-3-1)30-23-24-36-39(26-30)43-38-20-10-19-37(42(36)38)41-34-17-8-6-15-32(34)40(33-16-7-9-18-35(33)41)31-22-21-28-13-4-5-14-29(28)25-31/h1-26H/i4D,5D,13D,14D,21D,22D,25D. The molecule has 0 saturated carbocycles. The topological polar surface area (TPSA) is 13.1 Å². The number of furan rings is 1. The largest absolute Gasteiger partial charge is 0.456 e. The van der Waals surface area contributed by atoms with Gasteiger partial charge in [0.05, 0.1) is 9.60 Å². The summed E-state index contributed by atoms with van der Waals surface area (Å²) in [6.07, 6.45) is 0. The molecule has 8 aromatic carbocycles. The van der Waals surface area contributed by atoms with Crippen LogP contribution in [0.25, 0.3) is 87.6 Å². The molecule has 1 aromatic heterocycles. The van der Waals surface area contributed by atoms with Crippen molar-refractivity contribution in [3.05, 3.63) is 158 Å². The van der Waals surface area contributed by atoms with Crippen LogP contribution in [0.3, 0.4) is 0 Å². The smallest absolute Gasteiger partial charge is 0.136 e. The maximum Gasteiger partial charge on any atom is 0.136 e. The van der Waals surface area contributed by atoms with Gasteiger partial charge in [0, 0.05) is 10.8 Å². The number of fused-ring (bicyclic) bond motifs is 6. The molecule has 0 amide bonds. The van der Waals surface area contributed by atoms with E-state index in [-0.39, 0.29) is 40.5 Å². The molecular formula is C42H26O. The molecule has 9 rings (SSSR count). The van der Waals surface area contributed by atoms with Crippen molar-refractivity contribution in [2.45, 2.75) is 0 Å². The molecular weight excluding hydrogens is 520 g/mol. The summed E-state index contributed by atoms with van der Waals surface area (Å²) in [6.45, 7) is 0. The van der Waals surface area contributed by atoms with Crippen LogP contribution in [0.2, 0.25) is 0 Å². The molecule has 0 unspecified atom stereocenters. The lowest BCUT2D eigenvalue weighted by Gasteiger charge is -2.18. The summed E-state index contributed by atoms with van der Waals surface area (Å²) in [5, 5.41) is 5.06. The molecule has 0 radical (unpaired) electrons. The lowest BCUT2D eigenvalue weighted by Crippen LogP contribution is -1.91. The summed E-state index contributed by atoms with van der Waals surface area (Å²) >= 11 is 0. The molecule has 1 nitrogen and oxygen atoms in total. The van der Waals surface area contributed by atoms with Gasteiger partial charge in [-0.2, -0.15) is 0 Å². The molecule has 1 heterocycles. The molecule has 0 saturated heterocycles. The van der Waals surface area contributed by atoms with Gasteiger partial charge in [0.25, 0.3) is 0 Å². The molecule has 0 aliphatic rings. The number of benzene rings is 8. The van der Waals surface area contributed by atoms with E-state index in [1.54, 1.807) is 0 Å². The Morgan fingerprint density at radius 1 is 0.442 bits per heavy atom. The highest BCUT2D eigenvalue weighted by atomic mass is 16.3. The Hall–Kier alpha value is -5.66. The summed E-state index contributed by atoms with van der Waals surface area (Å²) in [4.78, 5) is 0. The van der Waals surface area contributed by atoms with E-state index in [1.165, 1.54) is 0 Å². The van der Waals surface area contributed by atoms with Crippen molar-refractivity contribution in [2.24, 2.45) is 0 Å². The predicted octanol–water partition coefficient (Wildman–Crippen LogP) is 12.0. The third-order valence-corrected chi connectivity index (χ3v) is 8.31. The molecule has 0 aliphatic heterocycles. The summed E-state index contributed by atoms with van der Waals surface area (Å²) in [6, 6.07) is 35.7. The first-order chi connectivity index (χ1) is 24.3. The summed E-state index contributed by atoms with van der Waals surface area (Å²) in [5.41, 5.74) is 6.37. The number of hydrogen-bond acceptors (Lipinski definition) is 1. The third kappa shape index (κ3) is 3.72. The molecule has 0 spiro atoms. The van der Waals surface area contributed by atoms with Crippen LogP contribution in [-0.2, 0) is 0 Å². The van der Waals surface area contributed by atoms with Gasteiger partial charge in [-0.1, -0.05) is 133 Å². The van der Waals surface area contributed by atoms with Crippen molar-refractivity contribution in [1.82, 2.24) is 0 Å². The minimum Gasteiger partial charge on any atom is -0.456 e. The molecule has 0 aliphatic carbocycles. The molecule has 0 N–H and O–H groups in total. The second-order valence-electron chi connectivity index (χ2n) is 10.7. The van der Waals surface area contributed by atoms with Crippen molar-refractivity contribution in [3.63, 3.8) is 0 Å². The molecule has 1 heteroatoms. The van der Waals surface area contributed by atoms with Gasteiger partial charge in [0.1, 0.15) is 11.2 Å². The van der Waals surface area contributed by atoms with Crippen LogP contribution in [0.5, 0.6) is 0 Å². The lowest BCUT2D eigenvalue weighted by molar-refractivity contribution is 0.669. The summed E-state index contributed by atoms with van der Waals surface area (Å²) in [7, 11) is 0. The van der Waals surface area contributed by atoms with E-state index in [0.717, 1.165) is 65.7 Å². The van der Waals surface area contributed by atoms with Gasteiger partial charge in [0.15, 0.2) is 0 Å². The average Bonchev–Trinajstić information content (AvgIpc) is 3.53. The Morgan fingerprint density at radius 2 is 1.12 bits per heavy atom. The van der Waals surface area contributed by atoms with Crippen LogP contribution in [0.4, 0.5) is 0 Å². The average molecular weight is 554 g/mol. The van der Waals surface area contributed by atoms with Gasteiger partial charge >= 0.3 is 0 Å². The Balaban J connectivity index is 1.40. The van der Waals surface area contributed by atoms with E-state index in [0.29, 0.717) is 5.56 Å². The summed E-state index contributed by atoms with van der Waals surface area (Å²) in [5.74, 6) is 0. The second kappa shape index (κ2) is 9.44. The minimum atomic E-state index is -0.486. The quantitative estimate of drug-likeness (QED) is 0.198. The van der Waals surface area contributed by atoms with Gasteiger partial charge in [-0.25, -0.2) is 0 Å². The van der Waals surface area contributed by atoms with Crippen LogP contribution in [-0.4, -0.2) is 0 Å². The normalized spacial score (nSPS) is 14.0. The zero-order valence-electron chi connectivity index (χ0n) is 29.9. The van der Waals surface area contributed by atoms with Crippen molar-refractivity contribution >= 4 is 54.3 Å². The van der Waals surface area contributed by atoms with Crippen molar-refractivity contribution in [1.29, 1.82) is 0 Å². The molecule has 0 atom stereocenters. The first kappa shape index (κ1) is 18.0. The predicted molar refractivity (Wildman–Crippen MR) is 183 cm³/mol. The fraction of sp³-hybridized carbons (Fsp3) is 0. The molecule has 200 valence electrons. The zero-order chi connectivity index (χ0) is 34.4. The zero-order valence-corrected chi connectivity index (χ0v) is 22.9. The van der Waals surface area contributed by atoms with Crippen molar-refractivity contribution in [2.75, 3.05) is 0 Å². The highest BCUT2D eigenvalue weighted by molar-refractivity contribution is 6.25. The lowest BCUT2D eigenvalue weighted by atomic mass is 9.84. The van der Waals surface area contributed by atoms with Crippen LogP contribution in [0.15, 0.2) is 162 Å². The van der Waals surface area contributed by atoms with Gasteiger partial charge in [-0.15, -0.1) is 0 Å². The van der Waals surface area contributed by atoms with Crippen LogP contribution < -0.4 is 0 Å². The second-order valence-corrected chi connectivity index (χ2v) is 10.7. The number of rotatable bonds is 3. The Bertz CT molecular complexity index is 2840. The van der Waals surface area contributed by atoms with E-state index in [2.05, 4.69) is 36.4 Å². The maximum atomic E-state index is 9.38. The molecule has 43 heavy (non-hydrogen) atoms. The van der Waals surface area contributed by atoms with Crippen LogP contribution in [0.1, 0.15) is 9.60 Å². The Kier molecular flexibility index (Phi) is 3.95. The SMILES string of the molecule is [2H]c1c([2H])c([2H])c2c([2H])c(-c3c4ccccc4c(-c4cccc5oc6cc(-c7ccccc7)ccc6c45)c4ccccc34)c([2H])c([2H])c2c1[2H]. The van der Waals surface area contributed by atoms with Gasteiger partial charge in [-0.3, -0.25) is 0 Å². The van der Waals surface area contributed by atoms with E-state index in [9.17, 15) is 2.74 Å².